The number of carbonyl (C=O) groups excluding carboxylic acids is 1. The van der Waals surface area contributed by atoms with E-state index in [-0.39, 0.29) is 6.42 Å². The summed E-state index contributed by atoms with van der Waals surface area (Å²) in [5, 5.41) is 0. The standard InChI is InChI=1S/C9H15F3O5S/c1-4-5-8(9(10,11)12,18(14,15)16)7(13)17-6(2)3/h6H,4-5H2,1-3H3,(H,14,15,16). The van der Waals surface area contributed by atoms with Crippen LogP contribution in [0.1, 0.15) is 33.6 Å². The molecule has 0 rings (SSSR count). The van der Waals surface area contributed by atoms with Crippen LogP contribution in [0.15, 0.2) is 0 Å². The van der Waals surface area contributed by atoms with Crippen LogP contribution >= 0.6 is 0 Å². The van der Waals surface area contributed by atoms with Gasteiger partial charge in [0, 0.05) is 0 Å². The van der Waals surface area contributed by atoms with Crippen molar-refractivity contribution >= 4 is 16.1 Å². The molecule has 0 aliphatic carbocycles. The predicted molar refractivity (Wildman–Crippen MR) is 56.5 cm³/mol. The molecule has 0 amide bonds. The molecule has 0 aliphatic heterocycles. The Kier molecular flexibility index (Phi) is 5.18. The van der Waals surface area contributed by atoms with E-state index in [0.717, 1.165) is 0 Å². The Morgan fingerprint density at radius 2 is 1.78 bits per heavy atom. The Morgan fingerprint density at radius 3 is 2.00 bits per heavy atom. The highest BCUT2D eigenvalue weighted by Crippen LogP contribution is 2.41. The van der Waals surface area contributed by atoms with E-state index in [0.29, 0.717) is 0 Å². The molecular formula is C9H15F3O5S. The van der Waals surface area contributed by atoms with E-state index in [1.165, 1.54) is 20.8 Å². The van der Waals surface area contributed by atoms with Crippen molar-refractivity contribution in [2.75, 3.05) is 0 Å². The minimum Gasteiger partial charge on any atom is -0.461 e. The first-order valence-corrected chi connectivity index (χ1v) is 6.59. The molecule has 0 fully saturated rings. The lowest BCUT2D eigenvalue weighted by atomic mass is 10.0. The molecule has 1 unspecified atom stereocenters. The quantitative estimate of drug-likeness (QED) is 0.618. The van der Waals surface area contributed by atoms with Gasteiger partial charge in [0.15, 0.2) is 0 Å². The Bertz CT molecular complexity index is 401. The SMILES string of the molecule is CCCC(C(=O)OC(C)C)(C(F)(F)F)S(=O)(=O)O. The summed E-state index contributed by atoms with van der Waals surface area (Å²) in [6.07, 6.45) is -7.76. The topological polar surface area (TPSA) is 80.7 Å². The summed E-state index contributed by atoms with van der Waals surface area (Å²) in [7, 11) is -5.69. The molecule has 108 valence electrons. The number of hydrogen-bond donors (Lipinski definition) is 1. The van der Waals surface area contributed by atoms with Gasteiger partial charge in [-0.05, 0) is 20.3 Å². The lowest BCUT2D eigenvalue weighted by Gasteiger charge is -2.30. The smallest absolute Gasteiger partial charge is 0.421 e. The normalized spacial score (nSPS) is 16.4. The van der Waals surface area contributed by atoms with Crippen LogP contribution in [0.2, 0.25) is 0 Å². The lowest BCUT2D eigenvalue weighted by molar-refractivity contribution is -0.193. The Hall–Kier alpha value is -0.830. The van der Waals surface area contributed by atoms with Crippen molar-refractivity contribution < 1.29 is 35.7 Å². The number of rotatable bonds is 5. The maximum absolute atomic E-state index is 12.9. The van der Waals surface area contributed by atoms with E-state index >= 15 is 0 Å². The highest BCUT2D eigenvalue weighted by atomic mass is 32.2. The van der Waals surface area contributed by atoms with E-state index in [4.69, 9.17) is 4.55 Å². The minimum atomic E-state index is -5.69. The van der Waals surface area contributed by atoms with Gasteiger partial charge in [-0.15, -0.1) is 0 Å². The zero-order chi connectivity index (χ0) is 14.8. The molecule has 0 bridgehead atoms. The molecule has 0 aromatic heterocycles. The largest absolute Gasteiger partial charge is 0.461 e. The average molecular weight is 292 g/mol. The van der Waals surface area contributed by atoms with Crippen LogP contribution in [-0.2, 0) is 19.6 Å². The number of hydrogen-bond acceptors (Lipinski definition) is 4. The summed E-state index contributed by atoms with van der Waals surface area (Å²) < 4.78 is 70.1. The molecule has 18 heavy (non-hydrogen) atoms. The molecule has 0 spiro atoms. The summed E-state index contributed by atoms with van der Waals surface area (Å²) >= 11 is 0. The van der Waals surface area contributed by atoms with Crippen molar-refractivity contribution in [2.24, 2.45) is 0 Å². The third-order valence-corrected chi connectivity index (χ3v) is 3.66. The van der Waals surface area contributed by atoms with E-state index < -0.39 is 39.5 Å². The third kappa shape index (κ3) is 3.14. The maximum atomic E-state index is 12.9. The highest BCUT2D eigenvalue weighted by Gasteiger charge is 2.69. The second kappa shape index (κ2) is 5.43. The van der Waals surface area contributed by atoms with Crippen LogP contribution in [-0.4, -0.2) is 36.0 Å². The molecule has 0 aromatic carbocycles. The summed E-state index contributed by atoms with van der Waals surface area (Å²) in [5.41, 5.74) is 0. The second-order valence-corrected chi connectivity index (χ2v) is 5.65. The first-order valence-electron chi connectivity index (χ1n) is 5.15. The zero-order valence-electron chi connectivity index (χ0n) is 10.1. The fourth-order valence-electron chi connectivity index (χ4n) is 1.40. The fourth-order valence-corrected chi connectivity index (χ4v) is 2.41. The van der Waals surface area contributed by atoms with Crippen molar-refractivity contribution in [3.8, 4) is 0 Å². The predicted octanol–water partition coefficient (Wildman–Crippen LogP) is 1.93. The molecule has 0 saturated heterocycles. The van der Waals surface area contributed by atoms with Gasteiger partial charge in [0.05, 0.1) is 6.10 Å². The van der Waals surface area contributed by atoms with Crippen LogP contribution in [0.25, 0.3) is 0 Å². The van der Waals surface area contributed by atoms with E-state index in [9.17, 15) is 26.4 Å². The van der Waals surface area contributed by atoms with Crippen molar-refractivity contribution in [3.63, 3.8) is 0 Å². The van der Waals surface area contributed by atoms with E-state index in [2.05, 4.69) is 4.74 Å². The second-order valence-electron chi connectivity index (χ2n) is 4.00. The Morgan fingerprint density at radius 1 is 1.33 bits per heavy atom. The van der Waals surface area contributed by atoms with Crippen molar-refractivity contribution in [2.45, 2.75) is 50.6 Å². The van der Waals surface area contributed by atoms with Crippen molar-refractivity contribution in [3.05, 3.63) is 0 Å². The monoisotopic (exact) mass is 292 g/mol. The Balaban J connectivity index is 5.88. The van der Waals surface area contributed by atoms with Gasteiger partial charge in [-0.2, -0.15) is 21.6 Å². The highest BCUT2D eigenvalue weighted by molar-refractivity contribution is 7.88. The number of ether oxygens (including phenoxy) is 1. The minimum absolute atomic E-state index is 0.271. The summed E-state index contributed by atoms with van der Waals surface area (Å²) in [5.74, 6) is -2.01. The van der Waals surface area contributed by atoms with Gasteiger partial charge < -0.3 is 4.74 Å². The molecule has 0 saturated carbocycles. The van der Waals surface area contributed by atoms with Crippen molar-refractivity contribution in [1.29, 1.82) is 0 Å². The zero-order valence-corrected chi connectivity index (χ0v) is 10.9. The molecule has 1 N–H and O–H groups in total. The van der Waals surface area contributed by atoms with Gasteiger partial charge in [0.1, 0.15) is 0 Å². The number of esters is 1. The first-order chi connectivity index (χ1) is 7.90. The summed E-state index contributed by atoms with van der Waals surface area (Å²) in [4.78, 5) is 11.5. The van der Waals surface area contributed by atoms with Gasteiger partial charge in [0.25, 0.3) is 14.9 Å². The summed E-state index contributed by atoms with van der Waals surface area (Å²) in [6, 6.07) is 0. The molecule has 0 heterocycles. The molecule has 0 aliphatic rings. The number of halogens is 3. The first kappa shape index (κ1) is 17.2. The molecule has 0 radical (unpaired) electrons. The number of alkyl halides is 3. The van der Waals surface area contributed by atoms with Crippen LogP contribution in [0.4, 0.5) is 13.2 Å². The lowest BCUT2D eigenvalue weighted by Crippen LogP contribution is -2.58. The van der Waals surface area contributed by atoms with Gasteiger partial charge in [-0.25, -0.2) is 4.79 Å². The van der Waals surface area contributed by atoms with Gasteiger partial charge >= 0.3 is 12.1 Å². The molecular weight excluding hydrogens is 277 g/mol. The van der Waals surface area contributed by atoms with Crippen LogP contribution in [0, 0.1) is 0 Å². The van der Waals surface area contributed by atoms with E-state index in [1.807, 2.05) is 0 Å². The van der Waals surface area contributed by atoms with E-state index in [1.54, 1.807) is 0 Å². The maximum Gasteiger partial charge on any atom is 0.421 e. The molecule has 9 heteroatoms. The average Bonchev–Trinajstić information content (AvgIpc) is 2.07. The van der Waals surface area contributed by atoms with Gasteiger partial charge in [0.2, 0.25) is 0 Å². The fraction of sp³-hybridized carbons (Fsp3) is 0.889. The van der Waals surface area contributed by atoms with Gasteiger partial charge in [-0.1, -0.05) is 13.3 Å². The number of carbonyl (C=O) groups is 1. The van der Waals surface area contributed by atoms with Crippen LogP contribution in [0.5, 0.6) is 0 Å². The van der Waals surface area contributed by atoms with Crippen molar-refractivity contribution in [1.82, 2.24) is 0 Å². The van der Waals surface area contributed by atoms with Crippen LogP contribution < -0.4 is 0 Å². The molecule has 1 atom stereocenters. The van der Waals surface area contributed by atoms with Gasteiger partial charge in [-0.3, -0.25) is 4.55 Å². The Labute approximate surface area is 103 Å². The molecule has 5 nitrogen and oxygen atoms in total. The van der Waals surface area contributed by atoms with Crippen LogP contribution in [0.3, 0.4) is 0 Å². The summed E-state index contributed by atoms with van der Waals surface area (Å²) in [6.45, 7) is 3.80. The molecule has 0 aromatic rings. The third-order valence-electron chi connectivity index (χ3n) is 2.17.